The van der Waals surface area contributed by atoms with Crippen LogP contribution in [0.15, 0.2) is 10.7 Å². The Hall–Kier alpha value is -1.66. The number of hydrogen-bond acceptors (Lipinski definition) is 5. The van der Waals surface area contributed by atoms with Gasteiger partial charge in [-0.3, -0.25) is 14.9 Å². The Bertz CT molecular complexity index is 827. The lowest BCUT2D eigenvalue weighted by atomic mass is 9.85. The van der Waals surface area contributed by atoms with Crippen molar-refractivity contribution in [1.29, 1.82) is 0 Å². The summed E-state index contributed by atoms with van der Waals surface area (Å²) in [7, 11) is 0. The molecule has 1 aromatic rings. The van der Waals surface area contributed by atoms with Crippen LogP contribution in [0, 0.1) is 11.8 Å². The molecule has 0 aromatic carbocycles. The van der Waals surface area contributed by atoms with E-state index in [1.165, 1.54) is 0 Å². The average Bonchev–Trinajstić information content (AvgIpc) is 3.42. The predicted octanol–water partition coefficient (Wildman–Crippen LogP) is 2.81. The van der Waals surface area contributed by atoms with E-state index in [2.05, 4.69) is 31.7 Å². The number of ether oxygens (including phenoxy) is 1. The minimum atomic E-state index is -4.15. The molecule has 178 valence electrons. The van der Waals surface area contributed by atoms with E-state index >= 15 is 0 Å². The second-order valence-corrected chi connectivity index (χ2v) is 9.45. The van der Waals surface area contributed by atoms with E-state index in [9.17, 15) is 22.8 Å². The standard InChI is InChI=1S/C20H27BrF3N5O3/c21-16-11-15(27-29(16)19-25-7-10-32-19)18(31)28-8-5-12(6-9-28)17(30)26-14-3-1-13(2-4-14)20(22,23)24/h11-14,19,25H,1-10H2,(H,26,30). The quantitative estimate of drug-likeness (QED) is 0.635. The van der Waals surface area contributed by atoms with Gasteiger partial charge in [0.2, 0.25) is 12.3 Å². The summed E-state index contributed by atoms with van der Waals surface area (Å²) in [4.78, 5) is 27.1. The number of hydrogen-bond donors (Lipinski definition) is 2. The van der Waals surface area contributed by atoms with Crippen LogP contribution in [-0.2, 0) is 9.53 Å². The Labute approximate surface area is 192 Å². The molecule has 2 saturated heterocycles. The second-order valence-electron chi connectivity index (χ2n) is 8.64. The third-order valence-corrected chi connectivity index (χ3v) is 7.11. The molecule has 4 rings (SSSR count). The highest BCUT2D eigenvalue weighted by molar-refractivity contribution is 9.10. The van der Waals surface area contributed by atoms with E-state index in [4.69, 9.17) is 4.74 Å². The molecule has 1 atom stereocenters. The molecule has 2 aliphatic heterocycles. The van der Waals surface area contributed by atoms with Crippen molar-refractivity contribution in [1.82, 2.24) is 25.3 Å². The number of likely N-dealkylation sites (tertiary alicyclic amines) is 1. The van der Waals surface area contributed by atoms with Crippen molar-refractivity contribution in [2.75, 3.05) is 26.2 Å². The highest BCUT2D eigenvalue weighted by atomic mass is 79.9. The maximum absolute atomic E-state index is 12.9. The first-order valence-electron chi connectivity index (χ1n) is 11.0. The monoisotopic (exact) mass is 521 g/mol. The van der Waals surface area contributed by atoms with Crippen molar-refractivity contribution >= 4 is 27.7 Å². The smallest absolute Gasteiger partial charge is 0.353 e. The highest BCUT2D eigenvalue weighted by Crippen LogP contribution is 2.37. The molecule has 3 heterocycles. The van der Waals surface area contributed by atoms with Crippen LogP contribution < -0.4 is 10.6 Å². The van der Waals surface area contributed by atoms with Gasteiger partial charge in [-0.15, -0.1) is 0 Å². The fraction of sp³-hybridized carbons (Fsp3) is 0.750. The lowest BCUT2D eigenvalue weighted by Gasteiger charge is -2.34. The third kappa shape index (κ3) is 5.28. The minimum Gasteiger partial charge on any atom is -0.353 e. The van der Waals surface area contributed by atoms with Gasteiger partial charge in [0, 0.05) is 37.7 Å². The molecule has 0 spiro atoms. The minimum absolute atomic E-state index is 0.0605. The van der Waals surface area contributed by atoms with Crippen LogP contribution in [0.4, 0.5) is 13.2 Å². The number of halogens is 4. The largest absolute Gasteiger partial charge is 0.391 e. The summed E-state index contributed by atoms with van der Waals surface area (Å²) >= 11 is 3.40. The van der Waals surface area contributed by atoms with Crippen molar-refractivity contribution in [3.05, 3.63) is 16.4 Å². The van der Waals surface area contributed by atoms with Crippen LogP contribution in [0.1, 0.15) is 55.4 Å². The summed E-state index contributed by atoms with van der Waals surface area (Å²) in [5.41, 5.74) is 0.304. The van der Waals surface area contributed by atoms with Crippen LogP contribution in [0.5, 0.6) is 0 Å². The zero-order chi connectivity index (χ0) is 22.9. The summed E-state index contributed by atoms with van der Waals surface area (Å²) < 4.78 is 46.2. The number of carbonyl (C=O) groups is 2. The summed E-state index contributed by atoms with van der Waals surface area (Å²) in [6.07, 6.45) is -2.70. The molecule has 1 aliphatic carbocycles. The molecule has 3 fully saturated rings. The molecule has 1 saturated carbocycles. The number of carbonyl (C=O) groups excluding carboxylic acids is 2. The van der Waals surface area contributed by atoms with Crippen molar-refractivity contribution < 1.29 is 27.5 Å². The summed E-state index contributed by atoms with van der Waals surface area (Å²) in [5.74, 6) is -1.82. The molecule has 2 N–H and O–H groups in total. The van der Waals surface area contributed by atoms with E-state index in [1.807, 2.05) is 0 Å². The molecule has 2 amide bonds. The van der Waals surface area contributed by atoms with E-state index < -0.39 is 18.4 Å². The highest BCUT2D eigenvalue weighted by Gasteiger charge is 2.42. The molecule has 1 unspecified atom stereocenters. The van der Waals surface area contributed by atoms with E-state index in [0.717, 1.165) is 0 Å². The van der Waals surface area contributed by atoms with Gasteiger partial charge in [0.15, 0.2) is 5.69 Å². The van der Waals surface area contributed by atoms with Crippen LogP contribution in [0.3, 0.4) is 0 Å². The van der Waals surface area contributed by atoms with Crippen LogP contribution in [-0.4, -0.2) is 65.0 Å². The zero-order valence-corrected chi connectivity index (χ0v) is 19.1. The number of piperidine rings is 1. The van der Waals surface area contributed by atoms with Crippen LogP contribution >= 0.6 is 15.9 Å². The van der Waals surface area contributed by atoms with E-state index in [1.54, 1.807) is 15.6 Å². The van der Waals surface area contributed by atoms with Gasteiger partial charge in [-0.05, 0) is 54.5 Å². The average molecular weight is 522 g/mol. The van der Waals surface area contributed by atoms with Crippen molar-refractivity contribution in [2.45, 2.75) is 57.1 Å². The maximum atomic E-state index is 12.9. The molecule has 0 bridgehead atoms. The van der Waals surface area contributed by atoms with Gasteiger partial charge < -0.3 is 15.0 Å². The Morgan fingerprint density at radius 3 is 2.44 bits per heavy atom. The van der Waals surface area contributed by atoms with E-state index in [-0.39, 0.29) is 36.6 Å². The summed E-state index contributed by atoms with van der Waals surface area (Å²) in [6.45, 7) is 2.14. The van der Waals surface area contributed by atoms with Gasteiger partial charge in [0.25, 0.3) is 5.91 Å². The second kappa shape index (κ2) is 9.68. The number of nitrogens with zero attached hydrogens (tertiary/aromatic N) is 3. The first kappa shape index (κ1) is 23.5. The van der Waals surface area contributed by atoms with Crippen molar-refractivity contribution in [3.63, 3.8) is 0 Å². The predicted molar refractivity (Wildman–Crippen MR) is 111 cm³/mol. The van der Waals surface area contributed by atoms with Gasteiger partial charge >= 0.3 is 6.18 Å². The van der Waals surface area contributed by atoms with Gasteiger partial charge in [-0.2, -0.15) is 18.3 Å². The molecule has 32 heavy (non-hydrogen) atoms. The number of alkyl halides is 3. The number of aromatic nitrogens is 2. The SMILES string of the molecule is O=C(NC1CCC(C(F)(F)F)CC1)C1CCN(C(=O)c2cc(Br)n(C3NCCO3)n2)CC1. The lowest BCUT2D eigenvalue weighted by molar-refractivity contribution is -0.182. The zero-order valence-electron chi connectivity index (χ0n) is 17.5. The fourth-order valence-corrected chi connectivity index (χ4v) is 5.08. The molecule has 1 aromatic heterocycles. The van der Waals surface area contributed by atoms with Crippen LogP contribution in [0.25, 0.3) is 0 Å². The van der Waals surface area contributed by atoms with Crippen molar-refractivity contribution in [3.8, 4) is 0 Å². The number of amides is 2. The first-order chi connectivity index (χ1) is 15.2. The topological polar surface area (TPSA) is 88.5 Å². The van der Waals surface area contributed by atoms with Crippen LogP contribution in [0.2, 0.25) is 0 Å². The molecule has 8 nitrogen and oxygen atoms in total. The van der Waals surface area contributed by atoms with Gasteiger partial charge in [0.05, 0.1) is 12.5 Å². The fourth-order valence-electron chi connectivity index (χ4n) is 4.60. The molecule has 3 aliphatic rings. The van der Waals surface area contributed by atoms with Crippen molar-refractivity contribution in [2.24, 2.45) is 11.8 Å². The molecular formula is C20H27BrF3N5O3. The van der Waals surface area contributed by atoms with Gasteiger partial charge in [0.1, 0.15) is 4.60 Å². The summed E-state index contributed by atoms with van der Waals surface area (Å²) in [6, 6.07) is 1.45. The Morgan fingerprint density at radius 1 is 1.16 bits per heavy atom. The Kier molecular flexibility index (Phi) is 7.11. The number of nitrogens with one attached hydrogen (secondary N) is 2. The van der Waals surface area contributed by atoms with Gasteiger partial charge in [-0.25, -0.2) is 4.68 Å². The first-order valence-corrected chi connectivity index (χ1v) is 11.8. The lowest BCUT2D eigenvalue weighted by Crippen LogP contribution is -2.46. The van der Waals surface area contributed by atoms with Gasteiger partial charge in [-0.1, -0.05) is 0 Å². The molecule has 0 radical (unpaired) electrons. The van der Waals surface area contributed by atoms with E-state index in [0.29, 0.717) is 62.2 Å². The Balaban J connectivity index is 1.25. The molecular weight excluding hydrogens is 495 g/mol. The molecule has 12 heteroatoms. The Morgan fingerprint density at radius 2 is 1.84 bits per heavy atom. The normalized spacial score (nSPS) is 27.5. The maximum Gasteiger partial charge on any atom is 0.391 e. The summed E-state index contributed by atoms with van der Waals surface area (Å²) in [5, 5.41) is 10.4. The third-order valence-electron chi connectivity index (χ3n) is 6.52. The number of rotatable bonds is 4.